The number of aromatic hydroxyl groups is 4. The molecule has 8 bridgehead atoms. The number of benzene rings is 4. The summed E-state index contributed by atoms with van der Waals surface area (Å²) in [6.07, 6.45) is 0.677. The van der Waals surface area contributed by atoms with Gasteiger partial charge in [0, 0.05) is 35.1 Å². The predicted octanol–water partition coefficient (Wildman–Crippen LogP) is 6.67. The van der Waals surface area contributed by atoms with Crippen molar-refractivity contribution >= 4 is 0 Å². The van der Waals surface area contributed by atoms with Crippen molar-refractivity contribution in [2.24, 2.45) is 0 Å². The second kappa shape index (κ2) is 11.2. The maximum Gasteiger partial charge on any atom is 0.124 e. The van der Waals surface area contributed by atoms with Crippen LogP contribution in [0.3, 0.4) is 0 Å². The average Bonchev–Trinajstić information content (AvgIpc) is 2.89. The minimum absolute atomic E-state index is 0.136. The fourth-order valence-corrected chi connectivity index (χ4v) is 5.67. The summed E-state index contributed by atoms with van der Waals surface area (Å²) in [6.45, 7) is 8.48. The van der Waals surface area contributed by atoms with Crippen molar-refractivity contribution in [1.29, 1.82) is 0 Å². The summed E-state index contributed by atoms with van der Waals surface area (Å²) in [4.78, 5) is 0. The highest BCUT2D eigenvalue weighted by Gasteiger charge is 2.18. The van der Waals surface area contributed by atoms with Crippen LogP contribution in [0, 0.1) is 27.7 Å². The monoisotopic (exact) mass is 540 g/mol. The summed E-state index contributed by atoms with van der Waals surface area (Å²) in [5.74, 6) is 0.545. The van der Waals surface area contributed by atoms with E-state index in [0.717, 1.165) is 22.3 Å². The lowest BCUT2D eigenvalue weighted by Crippen LogP contribution is -2.03. The third-order valence-corrected chi connectivity index (χ3v) is 7.44. The molecule has 0 saturated carbocycles. The molecule has 4 N–H and O–H groups in total. The Labute approximate surface area is 235 Å². The van der Waals surface area contributed by atoms with Crippen LogP contribution in [0.15, 0.2) is 48.5 Å². The Kier molecular flexibility index (Phi) is 7.74. The van der Waals surface area contributed by atoms with Crippen molar-refractivity contribution in [3.05, 3.63) is 115 Å². The predicted molar refractivity (Wildman–Crippen MR) is 154 cm³/mol. The number of phenols is 4. The van der Waals surface area contributed by atoms with Gasteiger partial charge >= 0.3 is 0 Å². The Bertz CT molecular complexity index is 1350. The molecule has 0 spiro atoms. The lowest BCUT2D eigenvalue weighted by Gasteiger charge is -2.17. The van der Waals surface area contributed by atoms with E-state index in [1.165, 1.54) is 0 Å². The number of rotatable bonds is 0. The number of hydrogen-bond donors (Lipinski definition) is 4. The summed E-state index contributed by atoms with van der Waals surface area (Å²) in [5, 5.41) is 44.5. The highest BCUT2D eigenvalue weighted by molar-refractivity contribution is 5.52. The van der Waals surface area contributed by atoms with Crippen molar-refractivity contribution in [1.82, 2.24) is 0 Å². The van der Waals surface area contributed by atoms with Gasteiger partial charge in [0.2, 0.25) is 0 Å². The van der Waals surface area contributed by atoms with Crippen LogP contribution in [0.5, 0.6) is 23.0 Å². The van der Waals surface area contributed by atoms with Crippen LogP contribution in [-0.4, -0.2) is 20.4 Å². The molecule has 0 amide bonds. The minimum atomic E-state index is 0.136. The number of ether oxygens (including phenoxy) is 2. The quantitative estimate of drug-likeness (QED) is 0.199. The molecule has 0 aliphatic carbocycles. The Morgan fingerprint density at radius 2 is 0.575 bits per heavy atom. The molecule has 208 valence electrons. The fraction of sp³-hybridized carbons (Fsp3) is 0.294. The fourth-order valence-electron chi connectivity index (χ4n) is 5.67. The first-order valence-corrected chi connectivity index (χ1v) is 13.5. The number of aryl methyl sites for hydroxylation is 4. The zero-order chi connectivity index (χ0) is 28.6. The van der Waals surface area contributed by atoms with Gasteiger partial charge in [-0.15, -0.1) is 0 Å². The van der Waals surface area contributed by atoms with Crippen LogP contribution in [0.4, 0.5) is 0 Å². The van der Waals surface area contributed by atoms with E-state index in [0.29, 0.717) is 57.3 Å². The third kappa shape index (κ3) is 5.79. The molecule has 4 aromatic rings. The van der Waals surface area contributed by atoms with Gasteiger partial charge in [-0.1, -0.05) is 70.8 Å². The molecule has 4 aromatic carbocycles. The Morgan fingerprint density at radius 1 is 0.375 bits per heavy atom. The number of hydrogen-bond acceptors (Lipinski definition) is 6. The molecule has 0 aromatic heterocycles. The highest BCUT2D eigenvalue weighted by Crippen LogP contribution is 2.35. The van der Waals surface area contributed by atoms with E-state index in [9.17, 15) is 20.4 Å². The van der Waals surface area contributed by atoms with E-state index in [2.05, 4.69) is 0 Å². The van der Waals surface area contributed by atoms with Gasteiger partial charge < -0.3 is 29.9 Å². The molecule has 0 radical (unpaired) electrons. The van der Waals surface area contributed by atoms with Gasteiger partial charge in [0.15, 0.2) is 0 Å². The summed E-state index contributed by atoms with van der Waals surface area (Å²) in [6, 6.07) is 15.2. The van der Waals surface area contributed by atoms with Crippen molar-refractivity contribution in [3.8, 4) is 23.0 Å². The topological polar surface area (TPSA) is 99.4 Å². The largest absolute Gasteiger partial charge is 0.507 e. The second-order valence-corrected chi connectivity index (χ2v) is 11.1. The van der Waals surface area contributed by atoms with E-state index in [1.807, 2.05) is 76.2 Å². The van der Waals surface area contributed by atoms with Gasteiger partial charge in [0.05, 0.1) is 26.4 Å². The van der Waals surface area contributed by atoms with Gasteiger partial charge in [0.1, 0.15) is 23.0 Å². The first-order valence-electron chi connectivity index (χ1n) is 13.5. The molecule has 40 heavy (non-hydrogen) atoms. The summed E-state index contributed by atoms with van der Waals surface area (Å²) < 4.78 is 12.0. The summed E-state index contributed by atoms with van der Waals surface area (Å²) in [5.41, 5.74) is 9.24. The molecule has 1 aliphatic heterocycles. The van der Waals surface area contributed by atoms with Crippen LogP contribution >= 0.6 is 0 Å². The van der Waals surface area contributed by atoms with Crippen molar-refractivity contribution in [2.75, 3.05) is 0 Å². The second-order valence-electron chi connectivity index (χ2n) is 11.1. The summed E-state index contributed by atoms with van der Waals surface area (Å²) in [7, 11) is 0. The Hall–Kier alpha value is -4.00. The van der Waals surface area contributed by atoms with Crippen LogP contribution in [0.1, 0.15) is 66.8 Å². The molecule has 5 rings (SSSR count). The van der Waals surface area contributed by atoms with Gasteiger partial charge in [-0.2, -0.15) is 0 Å². The molecular formula is C34H36O6. The number of phenolic OH excluding ortho intramolecular Hbond substituents is 4. The third-order valence-electron chi connectivity index (χ3n) is 7.44. The maximum atomic E-state index is 11.1. The van der Waals surface area contributed by atoms with E-state index in [1.54, 1.807) is 0 Å². The minimum Gasteiger partial charge on any atom is -0.507 e. The molecule has 1 heterocycles. The molecule has 0 atom stereocenters. The molecular weight excluding hydrogens is 504 g/mol. The van der Waals surface area contributed by atoms with E-state index in [-0.39, 0.29) is 49.4 Å². The Balaban J connectivity index is 1.59. The zero-order valence-corrected chi connectivity index (χ0v) is 23.5. The number of fused-ring (bicyclic) bond motifs is 8. The van der Waals surface area contributed by atoms with Crippen LogP contribution in [0.25, 0.3) is 0 Å². The van der Waals surface area contributed by atoms with Crippen LogP contribution < -0.4 is 0 Å². The molecule has 6 nitrogen and oxygen atoms in total. The average molecular weight is 541 g/mol. The highest BCUT2D eigenvalue weighted by atomic mass is 16.5. The SMILES string of the molecule is Cc1cc2c(O)c(c1)Cc1cc(C)cc(c1O)COCc1cc(C)cc(c1O)Cc1cc(C)cc(c1O)COC2. The van der Waals surface area contributed by atoms with Crippen LogP contribution in [0.2, 0.25) is 0 Å². The van der Waals surface area contributed by atoms with Gasteiger partial charge in [0.25, 0.3) is 0 Å². The van der Waals surface area contributed by atoms with Crippen molar-refractivity contribution < 1.29 is 29.9 Å². The van der Waals surface area contributed by atoms with E-state index in [4.69, 9.17) is 9.47 Å². The molecule has 6 heteroatoms. The van der Waals surface area contributed by atoms with Gasteiger partial charge in [-0.3, -0.25) is 0 Å². The van der Waals surface area contributed by atoms with Gasteiger partial charge in [-0.05, 0) is 49.9 Å². The van der Waals surface area contributed by atoms with Crippen LogP contribution in [-0.2, 0) is 48.7 Å². The standard InChI is InChI=1S/C34H36O6/c1-19-5-23-13-24-6-20(2)10-29(32(24)36)17-40-18-30-12-22(4)8-26(34(30)38)14-25-7-21(3)11-28(33(25)37)16-39-15-27(9-19)31(23)35/h5-12,35-38H,13-18H2,1-4H3. The van der Waals surface area contributed by atoms with E-state index >= 15 is 0 Å². The first kappa shape index (κ1) is 27.6. The normalized spacial score (nSPS) is 14.1. The Morgan fingerprint density at radius 3 is 0.800 bits per heavy atom. The molecule has 0 fully saturated rings. The summed E-state index contributed by atoms with van der Waals surface area (Å²) >= 11 is 0. The van der Waals surface area contributed by atoms with E-state index < -0.39 is 0 Å². The smallest absolute Gasteiger partial charge is 0.124 e. The van der Waals surface area contributed by atoms with Crippen molar-refractivity contribution in [2.45, 2.75) is 67.0 Å². The molecule has 0 unspecified atom stereocenters. The first-order chi connectivity index (χ1) is 19.1. The molecule has 1 aliphatic rings. The lowest BCUT2D eigenvalue weighted by atomic mass is 9.95. The molecule has 0 saturated heterocycles. The lowest BCUT2D eigenvalue weighted by molar-refractivity contribution is 0.103. The zero-order valence-electron chi connectivity index (χ0n) is 23.5. The van der Waals surface area contributed by atoms with Gasteiger partial charge in [-0.25, -0.2) is 0 Å². The maximum absolute atomic E-state index is 11.1. The van der Waals surface area contributed by atoms with Crippen molar-refractivity contribution in [3.63, 3.8) is 0 Å².